The van der Waals surface area contributed by atoms with Crippen molar-refractivity contribution in [3.8, 4) is 0 Å². The normalized spacial score (nSPS) is 19.9. The molecule has 1 aliphatic rings. The minimum atomic E-state index is -1.18. The van der Waals surface area contributed by atoms with Crippen LogP contribution in [0.1, 0.15) is 39.5 Å². The predicted molar refractivity (Wildman–Crippen MR) is 96.2 cm³/mol. The van der Waals surface area contributed by atoms with Gasteiger partial charge in [-0.3, -0.25) is 9.59 Å². The Morgan fingerprint density at radius 1 is 1.08 bits per heavy atom. The first kappa shape index (κ1) is 22.3. The summed E-state index contributed by atoms with van der Waals surface area (Å²) in [5, 5.41) is 11.5. The van der Waals surface area contributed by atoms with Gasteiger partial charge in [0.1, 0.15) is 6.04 Å². The number of hydrogen-bond donors (Lipinski definition) is 4. The van der Waals surface area contributed by atoms with Gasteiger partial charge in [-0.05, 0) is 44.7 Å². The topological polar surface area (TPSA) is 151 Å². The lowest BCUT2D eigenvalue weighted by molar-refractivity contribution is -0.138. The third-order valence-corrected chi connectivity index (χ3v) is 4.14. The van der Waals surface area contributed by atoms with Gasteiger partial charge in [0, 0.05) is 13.1 Å². The maximum absolute atomic E-state index is 13.0. The van der Waals surface area contributed by atoms with Gasteiger partial charge in [-0.25, -0.2) is 4.79 Å². The van der Waals surface area contributed by atoms with Gasteiger partial charge in [0.25, 0.3) is 5.91 Å². The molecule has 1 saturated heterocycles. The summed E-state index contributed by atoms with van der Waals surface area (Å²) in [5.41, 5.74) is 11.1. The molecule has 1 heterocycles. The number of carboxylic acids is 1. The summed E-state index contributed by atoms with van der Waals surface area (Å²) in [6.45, 7) is 6.01. The summed E-state index contributed by atoms with van der Waals surface area (Å²) in [4.78, 5) is 37.7. The summed E-state index contributed by atoms with van der Waals surface area (Å²) in [6, 6.07) is -0.711. The summed E-state index contributed by atoms with van der Waals surface area (Å²) < 4.78 is 4.86. The molecule has 0 saturated carbocycles. The third-order valence-electron chi connectivity index (χ3n) is 4.14. The largest absolute Gasteiger partial charge is 0.479 e. The number of epoxide rings is 1. The molecule has 1 rings (SSSR count). The number of aliphatic carboxylic acids is 1. The molecule has 150 valence electrons. The summed E-state index contributed by atoms with van der Waals surface area (Å²) in [6.07, 6.45) is 0.577. The van der Waals surface area contributed by atoms with Gasteiger partial charge in [0.05, 0.1) is 0 Å². The van der Waals surface area contributed by atoms with Crippen molar-refractivity contribution in [3.05, 3.63) is 0 Å². The molecule has 2 amide bonds. The SMILES string of the molecule is CC(C)C[C@H](NC(=O)[C@H]1O[C@@H]1C(=O)O)C(=O)N(CCCN)CCCCN. The third kappa shape index (κ3) is 7.27. The van der Waals surface area contributed by atoms with E-state index in [1.54, 1.807) is 4.90 Å². The van der Waals surface area contributed by atoms with Crippen LogP contribution in [0.3, 0.4) is 0 Å². The average Bonchev–Trinajstić information content (AvgIpc) is 3.37. The lowest BCUT2D eigenvalue weighted by Crippen LogP contribution is -2.51. The highest BCUT2D eigenvalue weighted by molar-refractivity contribution is 5.95. The zero-order valence-electron chi connectivity index (χ0n) is 15.6. The number of nitrogens with two attached hydrogens (primary N) is 2. The molecule has 1 fully saturated rings. The van der Waals surface area contributed by atoms with Gasteiger partial charge in [0.15, 0.2) is 12.2 Å². The average molecular weight is 372 g/mol. The number of ether oxygens (including phenoxy) is 1. The van der Waals surface area contributed by atoms with Gasteiger partial charge in [0.2, 0.25) is 5.91 Å². The zero-order chi connectivity index (χ0) is 19.7. The van der Waals surface area contributed by atoms with Gasteiger partial charge < -0.3 is 31.5 Å². The zero-order valence-corrected chi connectivity index (χ0v) is 15.6. The number of hydrogen-bond acceptors (Lipinski definition) is 6. The number of rotatable bonds is 13. The first-order chi connectivity index (χ1) is 12.3. The van der Waals surface area contributed by atoms with Crippen molar-refractivity contribution >= 4 is 17.8 Å². The van der Waals surface area contributed by atoms with Crippen LogP contribution in [0.5, 0.6) is 0 Å². The van der Waals surface area contributed by atoms with E-state index in [0.29, 0.717) is 39.0 Å². The Hall–Kier alpha value is -1.71. The maximum atomic E-state index is 13.0. The molecule has 0 bridgehead atoms. The smallest absolute Gasteiger partial charge is 0.336 e. The van der Waals surface area contributed by atoms with Crippen molar-refractivity contribution in [2.45, 2.75) is 57.8 Å². The molecular weight excluding hydrogens is 340 g/mol. The fraction of sp³-hybridized carbons (Fsp3) is 0.824. The number of unbranched alkanes of at least 4 members (excludes halogenated alkanes) is 1. The molecule has 3 atom stereocenters. The van der Waals surface area contributed by atoms with Crippen molar-refractivity contribution in [2.75, 3.05) is 26.2 Å². The number of nitrogens with one attached hydrogen (secondary N) is 1. The number of nitrogens with zero attached hydrogens (tertiary/aromatic N) is 1. The standard InChI is InChI=1S/C17H32N4O5/c1-11(2)10-12(20-15(22)13-14(26-13)17(24)25)16(23)21(9-5-7-19)8-4-3-6-18/h11-14H,3-10,18-19H2,1-2H3,(H,20,22)(H,24,25)/t12-,13-,14-/m0/s1. The van der Waals surface area contributed by atoms with Crippen LogP contribution in [0.25, 0.3) is 0 Å². The van der Waals surface area contributed by atoms with E-state index in [0.717, 1.165) is 12.8 Å². The van der Waals surface area contributed by atoms with Crippen molar-refractivity contribution in [1.82, 2.24) is 10.2 Å². The van der Waals surface area contributed by atoms with E-state index in [1.807, 2.05) is 13.8 Å². The highest BCUT2D eigenvalue weighted by Crippen LogP contribution is 2.23. The fourth-order valence-corrected chi connectivity index (χ4v) is 2.73. The van der Waals surface area contributed by atoms with Crippen LogP contribution in [0.4, 0.5) is 0 Å². The van der Waals surface area contributed by atoms with Crippen LogP contribution in [-0.4, -0.2) is 72.2 Å². The van der Waals surface area contributed by atoms with Gasteiger partial charge in [-0.2, -0.15) is 0 Å². The predicted octanol–water partition coefficient (Wildman–Crippen LogP) is -0.714. The Labute approximate surface area is 154 Å². The number of carbonyl (C=O) groups excluding carboxylic acids is 2. The first-order valence-electron chi connectivity index (χ1n) is 9.19. The minimum absolute atomic E-state index is 0.176. The van der Waals surface area contributed by atoms with E-state index in [2.05, 4.69) is 5.32 Å². The van der Waals surface area contributed by atoms with E-state index >= 15 is 0 Å². The van der Waals surface area contributed by atoms with Crippen LogP contribution < -0.4 is 16.8 Å². The quantitative estimate of drug-likeness (QED) is 0.246. The lowest BCUT2D eigenvalue weighted by atomic mass is 10.0. The Morgan fingerprint density at radius 3 is 2.19 bits per heavy atom. The Morgan fingerprint density at radius 2 is 1.69 bits per heavy atom. The van der Waals surface area contributed by atoms with Gasteiger partial charge in [-0.15, -0.1) is 0 Å². The van der Waals surface area contributed by atoms with E-state index < -0.39 is 30.1 Å². The second kappa shape index (κ2) is 11.1. The van der Waals surface area contributed by atoms with Crippen molar-refractivity contribution < 1.29 is 24.2 Å². The summed E-state index contributed by atoms with van der Waals surface area (Å²) in [5.74, 6) is -1.73. The van der Waals surface area contributed by atoms with E-state index in [9.17, 15) is 14.4 Å². The van der Waals surface area contributed by atoms with Gasteiger partial charge in [-0.1, -0.05) is 13.8 Å². The first-order valence-corrected chi connectivity index (χ1v) is 9.19. The minimum Gasteiger partial charge on any atom is -0.479 e. The van der Waals surface area contributed by atoms with E-state index in [4.69, 9.17) is 21.3 Å². The van der Waals surface area contributed by atoms with Crippen LogP contribution in [0.15, 0.2) is 0 Å². The van der Waals surface area contributed by atoms with Crippen LogP contribution in [0.2, 0.25) is 0 Å². The van der Waals surface area contributed by atoms with Crippen molar-refractivity contribution in [3.63, 3.8) is 0 Å². The van der Waals surface area contributed by atoms with Crippen molar-refractivity contribution in [1.29, 1.82) is 0 Å². The molecule has 6 N–H and O–H groups in total. The molecule has 0 aromatic carbocycles. The highest BCUT2D eigenvalue weighted by Gasteiger charge is 2.51. The molecule has 0 unspecified atom stereocenters. The second-order valence-electron chi connectivity index (χ2n) is 6.97. The number of carboxylic acid groups (broad SMARTS) is 1. The lowest BCUT2D eigenvalue weighted by Gasteiger charge is -2.29. The number of amides is 2. The van der Waals surface area contributed by atoms with Crippen LogP contribution in [-0.2, 0) is 19.1 Å². The summed E-state index contributed by atoms with van der Waals surface area (Å²) >= 11 is 0. The Balaban J connectivity index is 2.74. The monoisotopic (exact) mass is 372 g/mol. The molecule has 9 heteroatoms. The molecule has 1 aliphatic heterocycles. The Kier molecular flexibility index (Phi) is 9.53. The molecule has 0 radical (unpaired) electrons. The van der Waals surface area contributed by atoms with Crippen LogP contribution >= 0.6 is 0 Å². The van der Waals surface area contributed by atoms with E-state index in [-0.39, 0.29) is 11.8 Å². The van der Waals surface area contributed by atoms with Gasteiger partial charge >= 0.3 is 5.97 Å². The molecule has 0 aromatic rings. The number of carbonyl (C=O) groups is 3. The van der Waals surface area contributed by atoms with E-state index in [1.165, 1.54) is 0 Å². The van der Waals surface area contributed by atoms with Crippen molar-refractivity contribution in [2.24, 2.45) is 17.4 Å². The Bertz CT molecular complexity index is 486. The fourth-order valence-electron chi connectivity index (χ4n) is 2.73. The maximum Gasteiger partial charge on any atom is 0.336 e. The molecule has 26 heavy (non-hydrogen) atoms. The molecule has 0 aliphatic carbocycles. The second-order valence-corrected chi connectivity index (χ2v) is 6.97. The molecular formula is C17H32N4O5. The molecule has 9 nitrogen and oxygen atoms in total. The molecule has 0 aromatic heterocycles. The summed E-state index contributed by atoms with van der Waals surface area (Å²) in [7, 11) is 0. The highest BCUT2D eigenvalue weighted by atomic mass is 16.6. The molecule has 0 spiro atoms. The van der Waals surface area contributed by atoms with Crippen LogP contribution in [0, 0.1) is 5.92 Å².